The van der Waals surface area contributed by atoms with Gasteiger partial charge in [0.15, 0.2) is 11.5 Å². The van der Waals surface area contributed by atoms with Gasteiger partial charge >= 0.3 is 0 Å². The standard InChI is InChI=1S/C24H19N5O3/c30-24(17-7-8-20-21(11-17)32-16-31-20)27(14-18-12-25-22-5-1-3-9-28(18)22)15-19-13-26-23-6-2-4-10-29(19)23/h1-13H,14-16H2. The molecule has 0 bridgehead atoms. The third-order valence-corrected chi connectivity index (χ3v) is 5.60. The summed E-state index contributed by atoms with van der Waals surface area (Å²) < 4.78 is 14.9. The van der Waals surface area contributed by atoms with E-state index in [0.717, 1.165) is 22.7 Å². The predicted octanol–water partition coefficient (Wildman–Crippen LogP) is 3.55. The van der Waals surface area contributed by atoms with Crippen LogP contribution >= 0.6 is 0 Å². The number of imidazole rings is 2. The highest BCUT2D eigenvalue weighted by Gasteiger charge is 2.23. The second kappa shape index (κ2) is 7.42. The van der Waals surface area contributed by atoms with Crippen molar-refractivity contribution in [2.24, 2.45) is 0 Å². The Kier molecular flexibility index (Phi) is 4.28. The summed E-state index contributed by atoms with van der Waals surface area (Å²) in [6, 6.07) is 17.0. The molecule has 8 heteroatoms. The maximum atomic E-state index is 13.6. The van der Waals surface area contributed by atoms with Gasteiger partial charge in [-0.2, -0.15) is 0 Å². The highest BCUT2D eigenvalue weighted by Crippen LogP contribution is 2.33. The van der Waals surface area contributed by atoms with E-state index in [0.29, 0.717) is 30.2 Å². The van der Waals surface area contributed by atoms with Crippen molar-refractivity contribution in [3.8, 4) is 11.5 Å². The van der Waals surface area contributed by atoms with Crippen molar-refractivity contribution in [2.45, 2.75) is 13.1 Å². The van der Waals surface area contributed by atoms with Gasteiger partial charge in [-0.1, -0.05) is 12.1 Å². The lowest BCUT2D eigenvalue weighted by Gasteiger charge is -2.22. The Bertz CT molecular complexity index is 1380. The van der Waals surface area contributed by atoms with E-state index in [1.54, 1.807) is 23.1 Å². The van der Waals surface area contributed by atoms with Gasteiger partial charge in [0.25, 0.3) is 5.91 Å². The Morgan fingerprint density at radius 3 is 2.12 bits per heavy atom. The summed E-state index contributed by atoms with van der Waals surface area (Å²) in [7, 11) is 0. The molecule has 0 saturated carbocycles. The van der Waals surface area contributed by atoms with Crippen LogP contribution in [-0.2, 0) is 13.1 Å². The number of fused-ring (bicyclic) bond motifs is 3. The minimum atomic E-state index is -0.111. The van der Waals surface area contributed by atoms with E-state index in [1.807, 2.05) is 70.0 Å². The zero-order valence-corrected chi connectivity index (χ0v) is 17.1. The number of hydrogen-bond donors (Lipinski definition) is 0. The molecule has 1 aromatic carbocycles. The van der Waals surface area contributed by atoms with E-state index in [4.69, 9.17) is 9.47 Å². The molecule has 0 unspecified atom stereocenters. The average Bonchev–Trinajstić information content (AvgIpc) is 3.57. The molecule has 0 saturated heterocycles. The molecule has 1 aliphatic rings. The van der Waals surface area contributed by atoms with Gasteiger partial charge in [0.1, 0.15) is 11.3 Å². The topological polar surface area (TPSA) is 73.4 Å². The molecule has 0 radical (unpaired) electrons. The van der Waals surface area contributed by atoms with Gasteiger partial charge in [-0.3, -0.25) is 4.79 Å². The number of amides is 1. The number of benzene rings is 1. The van der Waals surface area contributed by atoms with Gasteiger partial charge < -0.3 is 23.2 Å². The SMILES string of the molecule is O=C(c1ccc2c(c1)OCO2)N(Cc1cnc2ccccn12)Cc1cnc2ccccn12. The van der Waals surface area contributed by atoms with Gasteiger partial charge in [0, 0.05) is 18.0 Å². The third-order valence-electron chi connectivity index (χ3n) is 5.60. The van der Waals surface area contributed by atoms with Gasteiger partial charge in [-0.05, 0) is 42.5 Å². The van der Waals surface area contributed by atoms with Gasteiger partial charge in [0.05, 0.1) is 36.9 Å². The fraction of sp³-hybridized carbons (Fsp3) is 0.125. The largest absolute Gasteiger partial charge is 0.454 e. The molecule has 1 amide bonds. The number of carbonyl (C=O) groups is 1. The molecular formula is C24H19N5O3. The summed E-state index contributed by atoms with van der Waals surface area (Å²) in [5.74, 6) is 1.12. The van der Waals surface area contributed by atoms with Crippen LogP contribution in [0.15, 0.2) is 79.4 Å². The van der Waals surface area contributed by atoms with Crippen LogP contribution in [0.2, 0.25) is 0 Å². The number of ether oxygens (including phenoxy) is 2. The zero-order chi connectivity index (χ0) is 21.5. The zero-order valence-electron chi connectivity index (χ0n) is 17.1. The van der Waals surface area contributed by atoms with Crippen LogP contribution < -0.4 is 9.47 Å². The number of nitrogens with zero attached hydrogens (tertiary/aromatic N) is 5. The number of carbonyl (C=O) groups excluding carboxylic acids is 1. The molecule has 4 aromatic heterocycles. The highest BCUT2D eigenvalue weighted by atomic mass is 16.7. The molecule has 32 heavy (non-hydrogen) atoms. The van der Waals surface area contributed by atoms with E-state index >= 15 is 0 Å². The normalized spacial score (nSPS) is 12.5. The van der Waals surface area contributed by atoms with Gasteiger partial charge in [0.2, 0.25) is 6.79 Å². The predicted molar refractivity (Wildman–Crippen MR) is 117 cm³/mol. The molecule has 5 heterocycles. The second-order valence-corrected chi connectivity index (χ2v) is 7.59. The molecule has 0 atom stereocenters. The maximum absolute atomic E-state index is 13.6. The monoisotopic (exact) mass is 425 g/mol. The summed E-state index contributed by atoms with van der Waals surface area (Å²) in [6.45, 7) is 0.942. The molecule has 0 N–H and O–H groups in total. The van der Waals surface area contributed by atoms with Crippen LogP contribution in [-0.4, -0.2) is 36.4 Å². The molecule has 0 aliphatic carbocycles. The van der Waals surface area contributed by atoms with Crippen molar-refractivity contribution in [1.29, 1.82) is 0 Å². The van der Waals surface area contributed by atoms with Gasteiger partial charge in [-0.15, -0.1) is 0 Å². The summed E-state index contributed by atoms with van der Waals surface area (Å²) >= 11 is 0. The number of rotatable bonds is 5. The summed E-state index contributed by atoms with van der Waals surface area (Å²) in [4.78, 5) is 24.4. The van der Waals surface area contributed by atoms with E-state index < -0.39 is 0 Å². The number of pyridine rings is 2. The van der Waals surface area contributed by atoms with Crippen LogP contribution in [0.1, 0.15) is 21.7 Å². The van der Waals surface area contributed by atoms with E-state index in [2.05, 4.69) is 9.97 Å². The van der Waals surface area contributed by atoms with Crippen LogP contribution in [0.5, 0.6) is 11.5 Å². The second-order valence-electron chi connectivity index (χ2n) is 7.59. The maximum Gasteiger partial charge on any atom is 0.254 e. The van der Waals surface area contributed by atoms with Crippen LogP contribution in [0, 0.1) is 0 Å². The van der Waals surface area contributed by atoms with E-state index in [-0.39, 0.29) is 12.7 Å². The number of aromatic nitrogens is 4. The Morgan fingerprint density at radius 1 is 0.844 bits per heavy atom. The first-order chi connectivity index (χ1) is 15.8. The minimum absolute atomic E-state index is 0.111. The first kappa shape index (κ1) is 18.4. The first-order valence-electron chi connectivity index (χ1n) is 10.3. The molecular weight excluding hydrogens is 406 g/mol. The average molecular weight is 425 g/mol. The summed E-state index contributed by atoms with van der Waals surface area (Å²) in [5.41, 5.74) is 4.06. The number of hydrogen-bond acceptors (Lipinski definition) is 5. The molecule has 8 nitrogen and oxygen atoms in total. The quantitative estimate of drug-likeness (QED) is 0.431. The summed E-state index contributed by atoms with van der Waals surface area (Å²) in [5, 5.41) is 0. The van der Waals surface area contributed by atoms with Crippen LogP contribution in [0.4, 0.5) is 0 Å². The Hall–Kier alpha value is -4.33. The minimum Gasteiger partial charge on any atom is -0.454 e. The summed E-state index contributed by atoms with van der Waals surface area (Å²) in [6.07, 6.45) is 7.53. The highest BCUT2D eigenvalue weighted by molar-refractivity contribution is 5.95. The molecule has 0 spiro atoms. The fourth-order valence-electron chi connectivity index (χ4n) is 4.01. The van der Waals surface area contributed by atoms with Crippen molar-refractivity contribution in [3.05, 3.63) is 96.3 Å². The van der Waals surface area contributed by atoms with Crippen molar-refractivity contribution in [2.75, 3.05) is 6.79 Å². The van der Waals surface area contributed by atoms with Crippen molar-refractivity contribution in [1.82, 2.24) is 23.7 Å². The molecule has 5 aromatic rings. The van der Waals surface area contributed by atoms with E-state index in [1.165, 1.54) is 0 Å². The lowest BCUT2D eigenvalue weighted by Crippen LogP contribution is -2.31. The van der Waals surface area contributed by atoms with Gasteiger partial charge in [-0.25, -0.2) is 9.97 Å². The van der Waals surface area contributed by atoms with Crippen LogP contribution in [0.25, 0.3) is 11.3 Å². The lowest BCUT2D eigenvalue weighted by atomic mass is 10.1. The van der Waals surface area contributed by atoms with Crippen molar-refractivity contribution < 1.29 is 14.3 Å². The third kappa shape index (κ3) is 3.13. The lowest BCUT2D eigenvalue weighted by molar-refractivity contribution is 0.0724. The Labute approximate surface area is 183 Å². The fourth-order valence-corrected chi connectivity index (χ4v) is 4.01. The molecule has 1 aliphatic heterocycles. The Morgan fingerprint density at radius 2 is 1.47 bits per heavy atom. The van der Waals surface area contributed by atoms with Crippen molar-refractivity contribution >= 4 is 17.2 Å². The molecule has 0 fully saturated rings. The molecule has 6 rings (SSSR count). The van der Waals surface area contributed by atoms with Crippen LogP contribution in [0.3, 0.4) is 0 Å². The van der Waals surface area contributed by atoms with E-state index in [9.17, 15) is 4.79 Å². The van der Waals surface area contributed by atoms with Crippen molar-refractivity contribution in [3.63, 3.8) is 0 Å². The smallest absolute Gasteiger partial charge is 0.254 e. The molecule has 158 valence electrons. The Balaban J connectivity index is 1.38. The first-order valence-corrected chi connectivity index (χ1v) is 10.3.